The Kier molecular flexibility index (Phi) is 5.50. The number of phenols is 2. The van der Waals surface area contributed by atoms with Crippen LogP contribution in [-0.2, 0) is 11.3 Å². The molecule has 3 aliphatic heterocycles. The molecule has 3 fully saturated rings. The Morgan fingerprint density at radius 1 is 1.03 bits per heavy atom. The van der Waals surface area contributed by atoms with Crippen LogP contribution in [0.4, 0.5) is 10.5 Å². The maximum atomic E-state index is 13.1. The molecule has 3 N–H and O–H groups in total. The summed E-state index contributed by atoms with van der Waals surface area (Å²) in [6.45, 7) is 2.71. The van der Waals surface area contributed by atoms with Gasteiger partial charge in [0.15, 0.2) is 0 Å². The molecule has 2 aromatic rings. The molecule has 0 radical (unpaired) electrons. The smallest absolute Gasteiger partial charge is 0.415 e. The lowest BCUT2D eigenvalue weighted by Gasteiger charge is -2.44. The van der Waals surface area contributed by atoms with Crippen LogP contribution in [0.2, 0.25) is 0 Å². The highest BCUT2D eigenvalue weighted by molar-refractivity contribution is 5.92. The third-order valence-electron chi connectivity index (χ3n) is 5.87. The van der Waals surface area contributed by atoms with Crippen molar-refractivity contribution >= 4 is 17.7 Å². The highest BCUT2D eigenvalue weighted by Crippen LogP contribution is 2.38. The Morgan fingerprint density at radius 2 is 1.67 bits per heavy atom. The summed E-state index contributed by atoms with van der Waals surface area (Å²) in [5.74, 6) is -1.22. The Hall–Kier alpha value is -3.26. The Bertz CT molecular complexity index is 917. The average molecular weight is 412 g/mol. The van der Waals surface area contributed by atoms with Crippen LogP contribution in [0.15, 0.2) is 42.5 Å². The van der Waals surface area contributed by atoms with Gasteiger partial charge in [-0.3, -0.25) is 9.80 Å². The van der Waals surface area contributed by atoms with Gasteiger partial charge in [0, 0.05) is 6.54 Å². The summed E-state index contributed by atoms with van der Waals surface area (Å²) in [7, 11) is 0. The Balaban J connectivity index is 1.60. The van der Waals surface area contributed by atoms with Gasteiger partial charge in [0.2, 0.25) is 0 Å². The van der Waals surface area contributed by atoms with Gasteiger partial charge >= 0.3 is 12.1 Å². The number of hydrogen-bond acceptors (Lipinski definition) is 6. The van der Waals surface area contributed by atoms with Crippen LogP contribution in [0, 0.1) is 5.92 Å². The first-order valence-electron chi connectivity index (χ1n) is 9.96. The van der Waals surface area contributed by atoms with Crippen molar-refractivity contribution in [2.45, 2.75) is 25.5 Å². The number of nitrogens with zero attached hydrogens (tertiary/aromatic N) is 2. The number of carboxylic acid groups (broad SMARTS) is 1. The van der Waals surface area contributed by atoms with Crippen molar-refractivity contribution in [1.29, 1.82) is 0 Å². The quantitative estimate of drug-likeness (QED) is 0.692. The van der Waals surface area contributed by atoms with Gasteiger partial charge in [-0.25, -0.2) is 9.59 Å². The van der Waals surface area contributed by atoms with Crippen molar-refractivity contribution in [3.05, 3.63) is 53.6 Å². The number of ether oxygens (including phenoxy) is 1. The van der Waals surface area contributed by atoms with E-state index in [1.165, 1.54) is 35.2 Å². The number of carboxylic acids is 1. The molecule has 0 aliphatic carbocycles. The van der Waals surface area contributed by atoms with Crippen molar-refractivity contribution < 1.29 is 29.6 Å². The van der Waals surface area contributed by atoms with E-state index in [2.05, 4.69) is 4.90 Å². The lowest BCUT2D eigenvalue weighted by atomic mass is 9.86. The van der Waals surface area contributed by atoms with E-state index in [9.17, 15) is 19.8 Å². The maximum absolute atomic E-state index is 13.1. The van der Waals surface area contributed by atoms with Crippen LogP contribution in [0.1, 0.15) is 28.8 Å². The number of aromatic hydroxyl groups is 2. The minimum absolute atomic E-state index is 0.00493. The first-order chi connectivity index (χ1) is 14.4. The van der Waals surface area contributed by atoms with E-state index in [0.717, 1.165) is 25.9 Å². The first kappa shape index (κ1) is 20.0. The molecule has 5 rings (SSSR count). The van der Waals surface area contributed by atoms with E-state index >= 15 is 0 Å². The van der Waals surface area contributed by atoms with Gasteiger partial charge in [0.05, 0.1) is 12.1 Å². The van der Waals surface area contributed by atoms with Crippen molar-refractivity contribution in [1.82, 2.24) is 4.90 Å². The Morgan fingerprint density at radius 3 is 2.20 bits per heavy atom. The number of anilines is 1. The van der Waals surface area contributed by atoms with Crippen LogP contribution in [-0.4, -0.2) is 58.0 Å². The molecule has 8 nitrogen and oxygen atoms in total. The zero-order chi connectivity index (χ0) is 21.3. The van der Waals surface area contributed by atoms with E-state index in [4.69, 9.17) is 9.84 Å². The zero-order valence-corrected chi connectivity index (χ0v) is 16.4. The molecule has 1 amide bonds. The fourth-order valence-electron chi connectivity index (χ4n) is 4.20. The van der Waals surface area contributed by atoms with E-state index in [1.807, 2.05) is 0 Å². The van der Waals surface area contributed by atoms with E-state index in [1.54, 1.807) is 12.1 Å². The summed E-state index contributed by atoms with van der Waals surface area (Å²) in [5.41, 5.74) is 0.727. The Labute approximate surface area is 173 Å². The summed E-state index contributed by atoms with van der Waals surface area (Å²) in [6, 6.07) is 10.3. The number of para-hydroxylation sites is 1. The van der Waals surface area contributed by atoms with Crippen molar-refractivity contribution in [3.8, 4) is 11.5 Å². The third kappa shape index (κ3) is 4.04. The number of hydrogen-bond donors (Lipinski definition) is 3. The summed E-state index contributed by atoms with van der Waals surface area (Å²) in [6.07, 6.45) is 1.07. The molecule has 3 aliphatic rings. The SMILES string of the molecule is O=C(O)c1ccc(CN(C(=O)O[C@H]2CN3CCC2CC3)c2c(O)cccc2O)cc1. The molecule has 2 bridgehead atoms. The number of benzene rings is 2. The third-order valence-corrected chi connectivity index (χ3v) is 5.87. The number of phenolic OH excluding ortho intramolecular Hbond substituents is 2. The van der Waals surface area contributed by atoms with Gasteiger partial charge in [-0.05, 0) is 61.7 Å². The van der Waals surface area contributed by atoms with Crippen LogP contribution in [0.3, 0.4) is 0 Å². The number of carbonyl (C=O) groups is 2. The summed E-state index contributed by atoms with van der Waals surface area (Å²) in [5, 5.41) is 29.7. The molecule has 3 heterocycles. The van der Waals surface area contributed by atoms with Crippen LogP contribution in [0.5, 0.6) is 11.5 Å². The topological polar surface area (TPSA) is 111 Å². The largest absolute Gasteiger partial charge is 0.506 e. The first-order valence-corrected chi connectivity index (χ1v) is 9.96. The molecule has 30 heavy (non-hydrogen) atoms. The second-order valence-electron chi connectivity index (χ2n) is 7.79. The minimum Gasteiger partial charge on any atom is -0.506 e. The van der Waals surface area contributed by atoms with Crippen molar-refractivity contribution in [2.24, 2.45) is 5.92 Å². The molecule has 3 saturated heterocycles. The zero-order valence-electron chi connectivity index (χ0n) is 16.4. The highest BCUT2D eigenvalue weighted by atomic mass is 16.6. The lowest BCUT2D eigenvalue weighted by molar-refractivity contribution is -0.0312. The summed E-state index contributed by atoms with van der Waals surface area (Å²) in [4.78, 5) is 27.7. The normalized spacial score (nSPS) is 22.5. The molecule has 0 spiro atoms. The lowest BCUT2D eigenvalue weighted by Crippen LogP contribution is -2.53. The fraction of sp³-hybridized carbons (Fsp3) is 0.364. The number of amides is 1. The predicted molar refractivity (Wildman–Crippen MR) is 109 cm³/mol. The van der Waals surface area contributed by atoms with Crippen molar-refractivity contribution in [3.63, 3.8) is 0 Å². The number of piperidine rings is 3. The molecular weight excluding hydrogens is 388 g/mol. The molecule has 0 unspecified atom stereocenters. The van der Waals surface area contributed by atoms with Crippen molar-refractivity contribution in [2.75, 3.05) is 24.5 Å². The van der Waals surface area contributed by atoms with Gasteiger partial charge < -0.3 is 20.1 Å². The maximum Gasteiger partial charge on any atom is 0.415 e. The molecule has 158 valence electrons. The number of carbonyl (C=O) groups excluding carboxylic acids is 1. The second-order valence-corrected chi connectivity index (χ2v) is 7.79. The second kappa shape index (κ2) is 8.23. The molecule has 0 saturated carbocycles. The molecule has 2 aromatic carbocycles. The van der Waals surface area contributed by atoms with Crippen LogP contribution >= 0.6 is 0 Å². The molecular formula is C22H24N2O6. The summed E-state index contributed by atoms with van der Waals surface area (Å²) >= 11 is 0. The number of fused-ring (bicyclic) bond motifs is 3. The monoisotopic (exact) mass is 412 g/mol. The summed E-state index contributed by atoms with van der Waals surface area (Å²) < 4.78 is 5.81. The van der Waals surface area contributed by atoms with E-state index in [0.29, 0.717) is 18.0 Å². The highest BCUT2D eigenvalue weighted by Gasteiger charge is 2.38. The number of rotatable bonds is 5. The molecule has 8 heteroatoms. The van der Waals surface area contributed by atoms with Gasteiger partial charge in [-0.2, -0.15) is 0 Å². The number of aromatic carboxylic acids is 1. The molecule has 0 aromatic heterocycles. The minimum atomic E-state index is -1.04. The van der Waals surface area contributed by atoms with Gasteiger partial charge in [-0.1, -0.05) is 18.2 Å². The van der Waals surface area contributed by atoms with Gasteiger partial charge in [-0.15, -0.1) is 0 Å². The predicted octanol–water partition coefficient (Wildman–Crippen LogP) is 3.03. The molecule has 1 atom stereocenters. The van der Waals surface area contributed by atoms with E-state index < -0.39 is 12.1 Å². The standard InChI is InChI=1S/C22H24N2O6/c25-17-2-1-3-18(26)20(17)24(12-14-4-6-16(7-5-14)21(27)28)22(29)30-19-13-23-10-8-15(19)9-11-23/h1-7,15,19,25-26H,8-13H2,(H,27,28)/t19-/m0/s1. The van der Waals surface area contributed by atoms with E-state index in [-0.39, 0.29) is 35.4 Å². The van der Waals surface area contributed by atoms with Crippen LogP contribution in [0.25, 0.3) is 0 Å². The van der Waals surface area contributed by atoms with Gasteiger partial charge in [0.1, 0.15) is 23.3 Å². The fourth-order valence-corrected chi connectivity index (χ4v) is 4.20. The van der Waals surface area contributed by atoms with Crippen LogP contribution < -0.4 is 4.90 Å². The van der Waals surface area contributed by atoms with Gasteiger partial charge in [0.25, 0.3) is 0 Å². The average Bonchev–Trinajstić information content (AvgIpc) is 2.74.